The predicted molar refractivity (Wildman–Crippen MR) is 279 cm³/mol. The third-order valence-corrected chi connectivity index (χ3v) is 11.3. The number of carboxylic acids is 1. The number of rotatable bonds is 35. The van der Waals surface area contributed by atoms with Crippen LogP contribution in [0.5, 0.6) is 0 Å². The number of hydrogen-bond acceptors (Lipinski definition) is 16. The molecule has 12 amide bonds. The van der Waals surface area contributed by atoms with Crippen LogP contribution in [-0.4, -0.2) is 155 Å². The zero-order chi connectivity index (χ0) is 58.5. The number of carbonyl (C=O) groups excluding carboxylic acids is 12. The van der Waals surface area contributed by atoms with Crippen LogP contribution >= 0.6 is 11.8 Å². The van der Waals surface area contributed by atoms with Crippen LogP contribution in [0.1, 0.15) is 76.8 Å². The molecule has 78 heavy (non-hydrogen) atoms. The van der Waals surface area contributed by atoms with Crippen LogP contribution in [0, 0.1) is 0 Å². The Hall–Kier alpha value is -8.34. The highest BCUT2D eigenvalue weighted by molar-refractivity contribution is 7.98. The average Bonchev–Trinajstić information content (AvgIpc) is 3.35. The number of thioether (sulfide) groups is 1. The van der Waals surface area contributed by atoms with E-state index in [1.54, 1.807) is 87.7 Å². The number of aliphatic carboxylic acids is 1. The van der Waals surface area contributed by atoms with Gasteiger partial charge in [0.05, 0.1) is 26.1 Å². The Morgan fingerprint density at radius 3 is 1.36 bits per heavy atom. The van der Waals surface area contributed by atoms with E-state index < -0.39 is 157 Å². The minimum Gasteiger partial charge on any atom is -0.480 e. The highest BCUT2D eigenvalue weighted by atomic mass is 32.2. The summed E-state index contributed by atoms with van der Waals surface area (Å²) in [6, 6.07) is 5.20. The van der Waals surface area contributed by atoms with Crippen molar-refractivity contribution in [2.24, 2.45) is 22.9 Å². The number of primary amides is 4. The van der Waals surface area contributed by atoms with Gasteiger partial charge in [-0.3, -0.25) is 57.5 Å². The maximum Gasteiger partial charge on any atom is 0.408 e. The lowest BCUT2D eigenvalue weighted by Gasteiger charge is -2.28. The number of nitrogens with two attached hydrogens (primary N) is 4. The number of carbonyl (C=O) groups is 13. The molecular weight excluding hydrogens is 1040 g/mol. The van der Waals surface area contributed by atoms with Crippen molar-refractivity contribution in [1.82, 2.24) is 42.5 Å². The minimum atomic E-state index is -1.92. The Balaban J connectivity index is 2.48. The Morgan fingerprint density at radius 2 is 0.910 bits per heavy atom. The number of carboxylic acid groups (broad SMARTS) is 1. The summed E-state index contributed by atoms with van der Waals surface area (Å²) in [4.78, 5) is 169. The molecule has 29 heteroatoms. The molecule has 0 radical (unpaired) electrons. The molecule has 428 valence electrons. The Bertz CT molecular complexity index is 2430. The highest BCUT2D eigenvalue weighted by Crippen LogP contribution is 2.11. The maximum atomic E-state index is 14.2. The van der Waals surface area contributed by atoms with Crippen molar-refractivity contribution in [3.8, 4) is 0 Å². The molecule has 0 saturated carbocycles. The first kappa shape index (κ1) is 65.8. The fourth-order valence-electron chi connectivity index (χ4n) is 6.92. The topological polar surface area (TPSA) is 461 Å². The van der Waals surface area contributed by atoms with E-state index in [0.29, 0.717) is 11.1 Å². The van der Waals surface area contributed by atoms with E-state index in [4.69, 9.17) is 37.5 Å². The average molecular weight is 1120 g/mol. The van der Waals surface area contributed by atoms with Gasteiger partial charge in [0.25, 0.3) is 0 Å². The molecule has 28 nitrogen and oxygen atoms in total. The molecule has 2 rings (SSSR count). The van der Waals surface area contributed by atoms with Crippen LogP contribution in [0.3, 0.4) is 0 Å². The van der Waals surface area contributed by atoms with Crippen LogP contribution in [0.4, 0.5) is 4.79 Å². The van der Waals surface area contributed by atoms with Crippen molar-refractivity contribution in [2.75, 3.05) is 25.2 Å². The molecule has 0 aliphatic carbocycles. The van der Waals surface area contributed by atoms with Crippen molar-refractivity contribution in [3.63, 3.8) is 0 Å². The molecule has 0 unspecified atom stereocenters. The van der Waals surface area contributed by atoms with Crippen molar-refractivity contribution < 1.29 is 76.9 Å². The molecule has 0 saturated heterocycles. The van der Waals surface area contributed by atoms with Crippen LogP contribution in [0.2, 0.25) is 0 Å². The van der Waals surface area contributed by atoms with Gasteiger partial charge < -0.3 is 80.0 Å². The summed E-state index contributed by atoms with van der Waals surface area (Å²) in [5.41, 5.74) is 21.7. The second-order valence-corrected chi connectivity index (χ2v) is 19.5. The molecule has 2 aromatic rings. The van der Waals surface area contributed by atoms with Gasteiger partial charge in [0, 0.05) is 19.3 Å². The minimum absolute atomic E-state index is 0.0501. The van der Waals surface area contributed by atoms with Gasteiger partial charge in [-0.2, -0.15) is 11.8 Å². The van der Waals surface area contributed by atoms with Crippen molar-refractivity contribution in [1.29, 1.82) is 0 Å². The number of amides is 12. The zero-order valence-electron chi connectivity index (χ0n) is 43.6. The normalized spacial score (nSPS) is 13.6. The SMILES string of the molecule is CSCC[C@H](NC(=O)[C@H](COCc1ccccc1)NC(=O)[C@H](CCC(N)=O)NC(=O)OC(C)(C)C)C(=O)N[C@@H](CC(N)=O)C(=O)N[C@@H](CC(N)=O)C(=O)N[C@@H](Cc1ccccc1)C(=O)N[C@@H](CCC(N)=O)C(=O)NCC(=O)O. The lowest BCUT2D eigenvalue weighted by molar-refractivity contribution is -0.139. The number of alkyl carbamates (subject to hydrolysis) is 1. The van der Waals surface area contributed by atoms with E-state index in [2.05, 4.69) is 42.5 Å². The molecule has 0 aliphatic heterocycles. The maximum absolute atomic E-state index is 14.2. The fraction of sp³-hybridized carbons (Fsp3) is 0.490. The zero-order valence-corrected chi connectivity index (χ0v) is 44.4. The molecule has 17 N–H and O–H groups in total. The van der Waals surface area contributed by atoms with Crippen LogP contribution < -0.4 is 65.5 Å². The van der Waals surface area contributed by atoms with E-state index in [1.807, 2.05) is 0 Å². The lowest BCUT2D eigenvalue weighted by atomic mass is 10.0. The monoisotopic (exact) mass is 1110 g/mol. The predicted octanol–water partition coefficient (Wildman–Crippen LogP) is -3.52. The van der Waals surface area contributed by atoms with Crippen LogP contribution in [-0.2, 0) is 80.0 Å². The van der Waals surface area contributed by atoms with E-state index in [1.165, 1.54) is 11.8 Å². The Labute approximate surface area is 453 Å². The molecule has 0 aliphatic rings. The largest absolute Gasteiger partial charge is 0.480 e. The summed E-state index contributed by atoms with van der Waals surface area (Å²) < 4.78 is 11.1. The summed E-state index contributed by atoms with van der Waals surface area (Å²) >= 11 is 1.25. The van der Waals surface area contributed by atoms with Crippen LogP contribution in [0.15, 0.2) is 60.7 Å². The number of ether oxygens (including phenoxy) is 2. The fourth-order valence-corrected chi connectivity index (χ4v) is 7.39. The van der Waals surface area contributed by atoms with Gasteiger partial charge in [0.2, 0.25) is 65.0 Å². The van der Waals surface area contributed by atoms with Gasteiger partial charge in [-0.05, 0) is 63.2 Å². The molecule has 0 aromatic heterocycles. The van der Waals surface area contributed by atoms with Crippen molar-refractivity contribution >= 4 is 88.8 Å². The number of benzene rings is 2. The third-order valence-electron chi connectivity index (χ3n) is 10.7. The molecule has 2 aromatic carbocycles. The van der Waals surface area contributed by atoms with E-state index in [-0.39, 0.29) is 44.5 Å². The highest BCUT2D eigenvalue weighted by Gasteiger charge is 2.36. The molecular formula is C49H70N12O16S. The van der Waals surface area contributed by atoms with Gasteiger partial charge >= 0.3 is 12.1 Å². The van der Waals surface area contributed by atoms with Gasteiger partial charge in [-0.25, -0.2) is 4.79 Å². The summed E-state index contributed by atoms with van der Waals surface area (Å²) in [5, 5.41) is 27.8. The molecule has 0 heterocycles. The first-order valence-electron chi connectivity index (χ1n) is 24.3. The van der Waals surface area contributed by atoms with E-state index in [0.717, 1.165) is 0 Å². The first-order chi connectivity index (χ1) is 36.7. The van der Waals surface area contributed by atoms with Gasteiger partial charge in [-0.15, -0.1) is 0 Å². The molecule has 7 atom stereocenters. The van der Waals surface area contributed by atoms with Crippen molar-refractivity contribution in [2.45, 2.75) is 127 Å². The summed E-state index contributed by atoms with van der Waals surface area (Å²) in [5.74, 6) is -12.8. The molecule has 0 fully saturated rings. The quantitative estimate of drug-likeness (QED) is 0.0318. The second kappa shape index (κ2) is 33.6. The van der Waals surface area contributed by atoms with Crippen molar-refractivity contribution in [3.05, 3.63) is 71.8 Å². The summed E-state index contributed by atoms with van der Waals surface area (Å²) in [6.07, 6.45) is -3.07. The van der Waals surface area contributed by atoms with Gasteiger partial charge in [-0.1, -0.05) is 60.7 Å². The smallest absolute Gasteiger partial charge is 0.408 e. The van der Waals surface area contributed by atoms with Gasteiger partial charge in [0.15, 0.2) is 0 Å². The Kier molecular flexibility index (Phi) is 28.4. The van der Waals surface area contributed by atoms with Crippen LogP contribution in [0.25, 0.3) is 0 Å². The molecule has 0 bridgehead atoms. The molecule has 0 spiro atoms. The summed E-state index contributed by atoms with van der Waals surface area (Å²) in [7, 11) is 0. The Morgan fingerprint density at radius 1 is 0.513 bits per heavy atom. The third kappa shape index (κ3) is 26.9. The van der Waals surface area contributed by atoms with Gasteiger partial charge in [0.1, 0.15) is 54.4 Å². The standard InChI is InChI=1S/C49H70N12O16S/c1-49(2,3)77-48(75)61-30(16-18-37(51)63)42(69)60-35(26-76-25-28-13-9-6-10-14-28)47(74)56-31(19-20-78-4)43(70)58-33(22-38(52)64)46(73)59-34(23-39(53)65)45(72)57-32(21-27-11-7-5-8-12-27)44(71)55-29(15-17-36(50)62)41(68)54-24-40(66)67/h5-14,29-35H,15-26H2,1-4H3,(H2,50,62)(H2,51,63)(H2,52,64)(H2,53,65)(H,54,68)(H,55,71)(H,56,74)(H,57,72)(H,58,70)(H,59,73)(H,60,69)(H,61,75)(H,66,67)/t29-,30-,31-,32-,33-,34-,35-/m0/s1. The summed E-state index contributed by atoms with van der Waals surface area (Å²) in [6.45, 7) is 3.31. The van der Waals surface area contributed by atoms with E-state index in [9.17, 15) is 62.3 Å². The van der Waals surface area contributed by atoms with E-state index >= 15 is 0 Å². The second-order valence-electron chi connectivity index (χ2n) is 18.5. The number of nitrogens with one attached hydrogen (secondary N) is 8. The number of hydrogen-bond donors (Lipinski definition) is 13. The lowest BCUT2D eigenvalue weighted by Crippen LogP contribution is -2.61. The first-order valence-corrected chi connectivity index (χ1v) is 25.7.